The summed E-state index contributed by atoms with van der Waals surface area (Å²) >= 11 is 1.33. The molecule has 0 aliphatic carbocycles. The highest BCUT2D eigenvalue weighted by Crippen LogP contribution is 2.18. The summed E-state index contributed by atoms with van der Waals surface area (Å²) in [6.07, 6.45) is 0. The van der Waals surface area contributed by atoms with Crippen molar-refractivity contribution in [1.82, 2.24) is 4.47 Å². The van der Waals surface area contributed by atoms with Gasteiger partial charge in [0, 0.05) is 12.7 Å². The van der Waals surface area contributed by atoms with Gasteiger partial charge in [0.1, 0.15) is 0 Å². The van der Waals surface area contributed by atoms with Gasteiger partial charge in [0.25, 0.3) is 15.9 Å². The van der Waals surface area contributed by atoms with Gasteiger partial charge in [0.05, 0.1) is 16.9 Å². The summed E-state index contributed by atoms with van der Waals surface area (Å²) in [5.74, 6) is -0.227. The minimum atomic E-state index is -3.68. The van der Waals surface area contributed by atoms with Gasteiger partial charge in [-0.25, -0.2) is 8.42 Å². The Bertz CT molecular complexity index is 709. The lowest BCUT2D eigenvalue weighted by Gasteiger charge is -2.14. The fourth-order valence-electron chi connectivity index (χ4n) is 1.56. The molecule has 1 aromatic carbocycles. The van der Waals surface area contributed by atoms with Crippen molar-refractivity contribution in [3.63, 3.8) is 0 Å². The largest absolute Gasteiger partial charge is 0.321 e. The number of amides is 1. The molecule has 1 N–H and O–H groups in total. The number of benzene rings is 1. The Kier molecular flexibility index (Phi) is 4.73. The summed E-state index contributed by atoms with van der Waals surface area (Å²) in [5, 5.41) is 4.51. The van der Waals surface area contributed by atoms with Crippen molar-refractivity contribution in [2.75, 3.05) is 19.5 Å². The number of carbonyl (C=O) groups excluding carboxylic acids is 1. The number of nitrogens with one attached hydrogen (secondary N) is 1. The van der Waals surface area contributed by atoms with Gasteiger partial charge < -0.3 is 5.32 Å². The molecule has 0 saturated heterocycles. The molecule has 112 valence electrons. The number of hydrogen-bond donors (Lipinski definition) is 1. The van der Waals surface area contributed by atoms with E-state index in [-0.39, 0.29) is 10.8 Å². The van der Waals surface area contributed by atoms with Crippen LogP contribution in [0, 0.1) is 0 Å². The Labute approximate surface area is 127 Å². The van der Waals surface area contributed by atoms with Crippen LogP contribution in [0.4, 0.5) is 5.69 Å². The zero-order chi connectivity index (χ0) is 15.5. The van der Waals surface area contributed by atoms with Gasteiger partial charge in [-0.1, -0.05) is 10.5 Å². The van der Waals surface area contributed by atoms with E-state index in [1.165, 1.54) is 49.8 Å². The predicted octanol–water partition coefficient (Wildman–Crippen LogP) is 2.18. The molecule has 0 bridgehead atoms. The van der Waals surface area contributed by atoms with Gasteiger partial charge in [0.2, 0.25) is 0 Å². The van der Waals surface area contributed by atoms with E-state index in [9.17, 15) is 13.2 Å². The van der Waals surface area contributed by atoms with Crippen molar-refractivity contribution >= 4 is 33.0 Å². The van der Waals surface area contributed by atoms with Crippen LogP contribution in [0.3, 0.4) is 0 Å². The Morgan fingerprint density at radius 1 is 1.24 bits per heavy atom. The molecule has 0 aliphatic rings. The number of carbonyl (C=O) groups is 1. The van der Waals surface area contributed by atoms with Crippen molar-refractivity contribution < 1.29 is 18.0 Å². The van der Waals surface area contributed by atoms with Crippen LogP contribution < -0.4 is 5.32 Å². The lowest BCUT2D eigenvalue weighted by atomic mass is 10.3. The van der Waals surface area contributed by atoms with E-state index in [0.29, 0.717) is 10.6 Å². The maximum absolute atomic E-state index is 12.0. The first kappa shape index (κ1) is 15.6. The smallest absolute Gasteiger partial charge is 0.265 e. The fourth-order valence-corrected chi connectivity index (χ4v) is 3.15. The highest BCUT2D eigenvalue weighted by atomic mass is 32.2. The van der Waals surface area contributed by atoms with Crippen molar-refractivity contribution in [1.29, 1.82) is 0 Å². The lowest BCUT2D eigenvalue weighted by Crippen LogP contribution is -2.25. The van der Waals surface area contributed by atoms with E-state index in [2.05, 4.69) is 5.32 Å². The third-order valence-corrected chi connectivity index (χ3v) is 5.31. The minimum absolute atomic E-state index is 0.0842. The van der Waals surface area contributed by atoms with Crippen molar-refractivity contribution in [3.8, 4) is 0 Å². The van der Waals surface area contributed by atoms with Gasteiger partial charge >= 0.3 is 0 Å². The summed E-state index contributed by atoms with van der Waals surface area (Å²) in [4.78, 5) is 17.2. The Morgan fingerprint density at radius 3 is 2.43 bits per heavy atom. The molecule has 1 heterocycles. The summed E-state index contributed by atoms with van der Waals surface area (Å²) in [6.45, 7) is 0. The number of hydrogen-bond acceptors (Lipinski definition) is 5. The summed E-state index contributed by atoms with van der Waals surface area (Å²) in [6, 6.07) is 9.38. The van der Waals surface area contributed by atoms with E-state index in [4.69, 9.17) is 4.84 Å². The number of hydroxylamine groups is 1. The van der Waals surface area contributed by atoms with Crippen LogP contribution in [-0.4, -0.2) is 33.0 Å². The first-order chi connectivity index (χ1) is 9.95. The van der Waals surface area contributed by atoms with Gasteiger partial charge in [0.15, 0.2) is 0 Å². The predicted molar refractivity (Wildman–Crippen MR) is 80.7 cm³/mol. The molecule has 6 nitrogen and oxygen atoms in total. The summed E-state index contributed by atoms with van der Waals surface area (Å²) in [7, 11) is -1.10. The van der Waals surface area contributed by atoms with Crippen LogP contribution in [0.25, 0.3) is 0 Å². The van der Waals surface area contributed by atoms with Crippen LogP contribution in [-0.2, 0) is 14.9 Å². The second-order valence-electron chi connectivity index (χ2n) is 4.05. The van der Waals surface area contributed by atoms with Crippen LogP contribution in [0.1, 0.15) is 9.67 Å². The third-order valence-electron chi connectivity index (χ3n) is 2.75. The summed E-state index contributed by atoms with van der Waals surface area (Å²) < 4.78 is 24.8. The van der Waals surface area contributed by atoms with Crippen LogP contribution in [0.2, 0.25) is 0 Å². The molecule has 2 aromatic rings. The molecular weight excluding hydrogens is 312 g/mol. The molecule has 21 heavy (non-hydrogen) atoms. The third kappa shape index (κ3) is 3.48. The molecule has 0 atom stereocenters. The SMILES string of the molecule is CON(C)S(=O)(=O)c1ccc(NC(=O)c2cccs2)cc1. The van der Waals surface area contributed by atoms with E-state index in [0.717, 1.165) is 4.47 Å². The normalized spacial score (nSPS) is 11.6. The molecule has 0 fully saturated rings. The monoisotopic (exact) mass is 326 g/mol. The number of nitrogens with zero attached hydrogens (tertiary/aromatic N) is 1. The molecule has 0 aliphatic heterocycles. The van der Waals surface area contributed by atoms with E-state index in [1.807, 2.05) is 5.38 Å². The molecular formula is C13H14N2O4S2. The van der Waals surface area contributed by atoms with Crippen molar-refractivity contribution in [2.24, 2.45) is 0 Å². The highest BCUT2D eigenvalue weighted by molar-refractivity contribution is 7.89. The number of sulfonamides is 1. The maximum Gasteiger partial charge on any atom is 0.265 e. The number of anilines is 1. The molecule has 0 saturated carbocycles. The average molecular weight is 326 g/mol. The summed E-state index contributed by atoms with van der Waals surface area (Å²) in [5.41, 5.74) is 0.521. The van der Waals surface area contributed by atoms with E-state index in [1.54, 1.807) is 12.1 Å². The fraction of sp³-hybridized carbons (Fsp3) is 0.154. The van der Waals surface area contributed by atoms with Gasteiger partial charge in [-0.3, -0.25) is 9.63 Å². The molecule has 2 rings (SSSR count). The highest BCUT2D eigenvalue weighted by Gasteiger charge is 2.20. The maximum atomic E-state index is 12.0. The second-order valence-corrected chi connectivity index (χ2v) is 6.94. The Hall–Kier alpha value is -1.74. The number of thiophene rings is 1. The van der Waals surface area contributed by atoms with Crippen LogP contribution >= 0.6 is 11.3 Å². The molecule has 0 spiro atoms. The number of rotatable bonds is 5. The second kappa shape index (κ2) is 6.35. The van der Waals surface area contributed by atoms with Gasteiger partial charge in [-0.05, 0) is 35.7 Å². The van der Waals surface area contributed by atoms with Gasteiger partial charge in [-0.2, -0.15) is 0 Å². The van der Waals surface area contributed by atoms with Crippen LogP contribution in [0.15, 0.2) is 46.7 Å². The van der Waals surface area contributed by atoms with E-state index < -0.39 is 10.0 Å². The topological polar surface area (TPSA) is 75.7 Å². The molecule has 0 radical (unpaired) electrons. The van der Waals surface area contributed by atoms with Gasteiger partial charge in [-0.15, -0.1) is 11.3 Å². The zero-order valence-corrected chi connectivity index (χ0v) is 13.1. The quantitative estimate of drug-likeness (QED) is 0.855. The average Bonchev–Trinajstić information content (AvgIpc) is 3.01. The van der Waals surface area contributed by atoms with Crippen molar-refractivity contribution in [3.05, 3.63) is 46.7 Å². The Balaban J connectivity index is 2.15. The first-order valence-electron chi connectivity index (χ1n) is 5.93. The lowest BCUT2D eigenvalue weighted by molar-refractivity contribution is -0.0258. The molecule has 0 unspecified atom stereocenters. The standard InChI is InChI=1S/C13H14N2O4S2/c1-15(19-2)21(17,18)11-7-5-10(6-8-11)14-13(16)12-4-3-9-20-12/h3-9H,1-2H3,(H,14,16). The molecule has 1 aromatic heterocycles. The van der Waals surface area contributed by atoms with Crippen molar-refractivity contribution in [2.45, 2.75) is 4.90 Å². The van der Waals surface area contributed by atoms with Crippen LogP contribution in [0.5, 0.6) is 0 Å². The molecule has 8 heteroatoms. The molecule has 1 amide bonds. The first-order valence-corrected chi connectivity index (χ1v) is 8.25. The Morgan fingerprint density at radius 2 is 1.90 bits per heavy atom. The van der Waals surface area contributed by atoms with E-state index >= 15 is 0 Å². The zero-order valence-electron chi connectivity index (χ0n) is 11.4. The minimum Gasteiger partial charge on any atom is -0.321 e.